The number of hydrogen-bond donors (Lipinski definition) is 2. The maximum Gasteiger partial charge on any atom is 0.227 e. The lowest BCUT2D eigenvalue weighted by Crippen LogP contribution is -2.35. The first-order valence-corrected chi connectivity index (χ1v) is 6.69. The van der Waals surface area contributed by atoms with Gasteiger partial charge in [-0.3, -0.25) is 4.79 Å². The van der Waals surface area contributed by atoms with E-state index in [0.717, 1.165) is 25.8 Å². The molecule has 1 aliphatic rings. The van der Waals surface area contributed by atoms with Gasteiger partial charge in [-0.2, -0.15) is 0 Å². The molecule has 1 aromatic heterocycles. The molecule has 2 N–H and O–H groups in total. The van der Waals surface area contributed by atoms with Gasteiger partial charge in [-0.25, -0.2) is 0 Å². The average Bonchev–Trinajstić information content (AvgIpc) is 2.76. The fourth-order valence-electron chi connectivity index (χ4n) is 2.19. The van der Waals surface area contributed by atoms with Crippen molar-refractivity contribution in [2.45, 2.75) is 25.2 Å². The topological polar surface area (TPSA) is 41.1 Å². The number of likely N-dealkylation sites (N-methyl/N-ethyl adjacent to an activating group) is 1. The van der Waals surface area contributed by atoms with Gasteiger partial charge in [0.1, 0.15) is 0 Å². The molecular weight excluding hydrogens is 220 g/mol. The smallest absolute Gasteiger partial charge is 0.227 e. The van der Waals surface area contributed by atoms with Crippen molar-refractivity contribution in [1.82, 2.24) is 10.6 Å². The number of carbonyl (C=O) groups excluding carboxylic acids is 1. The van der Waals surface area contributed by atoms with Gasteiger partial charge in [-0.15, -0.1) is 11.3 Å². The molecule has 0 saturated heterocycles. The summed E-state index contributed by atoms with van der Waals surface area (Å²) in [6, 6.07) is 2.11. The highest BCUT2D eigenvalue weighted by molar-refractivity contribution is 7.10. The zero-order valence-electron chi connectivity index (χ0n) is 9.58. The highest BCUT2D eigenvalue weighted by Gasteiger charge is 2.26. The van der Waals surface area contributed by atoms with E-state index in [4.69, 9.17) is 0 Å². The third-order valence-electron chi connectivity index (χ3n) is 3.04. The minimum absolute atomic E-state index is 0.0897. The summed E-state index contributed by atoms with van der Waals surface area (Å²) in [6.07, 6.45) is 3.28. The highest BCUT2D eigenvalue weighted by atomic mass is 32.1. The Hall–Kier alpha value is -0.870. The van der Waals surface area contributed by atoms with Crippen LogP contribution in [0.5, 0.6) is 0 Å². The molecule has 0 radical (unpaired) electrons. The maximum atomic E-state index is 12.0. The van der Waals surface area contributed by atoms with E-state index in [2.05, 4.69) is 22.1 Å². The summed E-state index contributed by atoms with van der Waals surface area (Å²) in [5.74, 6) is 0.279. The van der Waals surface area contributed by atoms with Crippen LogP contribution in [0.2, 0.25) is 0 Å². The van der Waals surface area contributed by atoms with Gasteiger partial charge in [0, 0.05) is 18.0 Å². The van der Waals surface area contributed by atoms with E-state index in [-0.39, 0.29) is 11.8 Å². The molecule has 0 aliphatic heterocycles. The first kappa shape index (κ1) is 11.6. The second-order valence-corrected chi connectivity index (χ2v) is 5.14. The molecule has 1 heterocycles. The average molecular weight is 238 g/mol. The fourth-order valence-corrected chi connectivity index (χ4v) is 3.18. The Morgan fingerprint density at radius 2 is 2.44 bits per heavy atom. The van der Waals surface area contributed by atoms with Crippen LogP contribution in [-0.2, 0) is 11.2 Å². The van der Waals surface area contributed by atoms with Crippen molar-refractivity contribution in [3.63, 3.8) is 0 Å². The monoisotopic (exact) mass is 238 g/mol. The Kier molecular flexibility index (Phi) is 3.96. The van der Waals surface area contributed by atoms with E-state index in [1.165, 1.54) is 10.4 Å². The van der Waals surface area contributed by atoms with E-state index >= 15 is 0 Å². The van der Waals surface area contributed by atoms with Crippen LogP contribution in [0, 0.1) is 0 Å². The molecule has 0 bridgehead atoms. The predicted octanol–water partition coefficient (Wildman–Crippen LogP) is 1.50. The van der Waals surface area contributed by atoms with Crippen molar-refractivity contribution in [3.8, 4) is 0 Å². The van der Waals surface area contributed by atoms with E-state index in [0.29, 0.717) is 6.54 Å². The Morgan fingerprint density at radius 1 is 1.56 bits per heavy atom. The summed E-state index contributed by atoms with van der Waals surface area (Å²) in [4.78, 5) is 13.4. The molecule has 0 spiro atoms. The van der Waals surface area contributed by atoms with Crippen LogP contribution in [0.4, 0.5) is 0 Å². The molecule has 88 valence electrons. The summed E-state index contributed by atoms with van der Waals surface area (Å²) in [5.41, 5.74) is 1.26. The SMILES string of the molecule is CNCCNC(=O)C1CCCc2sccc21. The molecule has 1 aliphatic carbocycles. The quantitative estimate of drug-likeness (QED) is 0.781. The van der Waals surface area contributed by atoms with Crippen LogP contribution in [0.3, 0.4) is 0 Å². The van der Waals surface area contributed by atoms with Gasteiger partial charge >= 0.3 is 0 Å². The molecule has 1 amide bonds. The number of nitrogens with one attached hydrogen (secondary N) is 2. The molecule has 1 atom stereocenters. The number of carbonyl (C=O) groups is 1. The highest BCUT2D eigenvalue weighted by Crippen LogP contribution is 2.34. The zero-order valence-corrected chi connectivity index (χ0v) is 10.4. The van der Waals surface area contributed by atoms with Crippen LogP contribution >= 0.6 is 11.3 Å². The molecule has 0 saturated carbocycles. The third-order valence-corrected chi connectivity index (χ3v) is 4.04. The molecule has 0 aromatic carbocycles. The van der Waals surface area contributed by atoms with Crippen LogP contribution in [0.15, 0.2) is 11.4 Å². The Morgan fingerprint density at radius 3 is 3.25 bits per heavy atom. The summed E-state index contributed by atoms with van der Waals surface area (Å²) in [6.45, 7) is 1.54. The van der Waals surface area contributed by atoms with E-state index in [1.807, 2.05) is 7.05 Å². The number of rotatable bonds is 4. The van der Waals surface area contributed by atoms with Crippen molar-refractivity contribution in [3.05, 3.63) is 21.9 Å². The minimum atomic E-state index is 0.0897. The molecule has 4 heteroatoms. The van der Waals surface area contributed by atoms with E-state index in [1.54, 1.807) is 11.3 Å². The van der Waals surface area contributed by atoms with Gasteiger partial charge in [0.25, 0.3) is 0 Å². The molecule has 0 fully saturated rings. The Balaban J connectivity index is 1.98. The lowest BCUT2D eigenvalue weighted by molar-refractivity contribution is -0.122. The standard InChI is InChI=1S/C12H18N2OS/c1-13-6-7-14-12(15)10-3-2-4-11-9(10)5-8-16-11/h5,8,10,13H,2-4,6-7H2,1H3,(H,14,15). The Bertz CT molecular complexity index is 362. The van der Waals surface area contributed by atoms with Crippen molar-refractivity contribution in [1.29, 1.82) is 0 Å². The summed E-state index contributed by atoms with van der Waals surface area (Å²) in [5, 5.41) is 8.12. The van der Waals surface area contributed by atoms with E-state index in [9.17, 15) is 4.79 Å². The number of amides is 1. The van der Waals surface area contributed by atoms with Gasteiger partial charge in [0.05, 0.1) is 5.92 Å². The Labute approximate surface area is 100 Å². The number of aryl methyl sites for hydroxylation is 1. The second kappa shape index (κ2) is 5.46. The lowest BCUT2D eigenvalue weighted by Gasteiger charge is -2.21. The minimum Gasteiger partial charge on any atom is -0.354 e. The normalized spacial score (nSPS) is 19.2. The second-order valence-electron chi connectivity index (χ2n) is 4.14. The van der Waals surface area contributed by atoms with Gasteiger partial charge in [-0.05, 0) is 43.3 Å². The van der Waals surface area contributed by atoms with E-state index < -0.39 is 0 Å². The first-order valence-electron chi connectivity index (χ1n) is 5.81. The fraction of sp³-hybridized carbons (Fsp3) is 0.583. The van der Waals surface area contributed by atoms with Crippen LogP contribution in [0.1, 0.15) is 29.2 Å². The number of fused-ring (bicyclic) bond motifs is 1. The molecular formula is C12H18N2OS. The van der Waals surface area contributed by atoms with Crippen molar-refractivity contribution >= 4 is 17.2 Å². The summed E-state index contributed by atoms with van der Waals surface area (Å²) >= 11 is 1.78. The predicted molar refractivity (Wildman–Crippen MR) is 66.9 cm³/mol. The van der Waals surface area contributed by atoms with Gasteiger partial charge in [0.2, 0.25) is 5.91 Å². The van der Waals surface area contributed by atoms with Crippen LogP contribution < -0.4 is 10.6 Å². The number of hydrogen-bond acceptors (Lipinski definition) is 3. The third kappa shape index (κ3) is 2.44. The molecule has 3 nitrogen and oxygen atoms in total. The van der Waals surface area contributed by atoms with Crippen LogP contribution in [0.25, 0.3) is 0 Å². The maximum absolute atomic E-state index is 12.0. The number of thiophene rings is 1. The van der Waals surface area contributed by atoms with Crippen molar-refractivity contribution in [2.24, 2.45) is 0 Å². The van der Waals surface area contributed by atoms with Crippen molar-refractivity contribution < 1.29 is 4.79 Å². The lowest BCUT2D eigenvalue weighted by atomic mass is 9.87. The molecule has 16 heavy (non-hydrogen) atoms. The zero-order chi connectivity index (χ0) is 11.4. The molecule has 2 rings (SSSR count). The first-order chi connectivity index (χ1) is 7.83. The largest absolute Gasteiger partial charge is 0.354 e. The van der Waals surface area contributed by atoms with Gasteiger partial charge in [-0.1, -0.05) is 0 Å². The summed E-state index contributed by atoms with van der Waals surface area (Å²) < 4.78 is 0. The van der Waals surface area contributed by atoms with Crippen LogP contribution in [-0.4, -0.2) is 26.0 Å². The van der Waals surface area contributed by atoms with Gasteiger partial charge < -0.3 is 10.6 Å². The molecule has 1 aromatic rings. The van der Waals surface area contributed by atoms with Crippen molar-refractivity contribution in [2.75, 3.05) is 20.1 Å². The molecule has 1 unspecified atom stereocenters. The van der Waals surface area contributed by atoms with Gasteiger partial charge in [0.15, 0.2) is 0 Å². The summed E-state index contributed by atoms with van der Waals surface area (Å²) in [7, 11) is 1.89.